The SMILES string of the molecule is CC1CCCCCN1Cc1cc(Br)c(O)c(Br)c1. The van der Waals surface area contributed by atoms with Crippen molar-refractivity contribution in [3.63, 3.8) is 0 Å². The summed E-state index contributed by atoms with van der Waals surface area (Å²) in [5, 5.41) is 9.73. The van der Waals surface area contributed by atoms with E-state index in [0.29, 0.717) is 6.04 Å². The molecule has 4 heteroatoms. The van der Waals surface area contributed by atoms with Gasteiger partial charge in [0.05, 0.1) is 8.95 Å². The van der Waals surface area contributed by atoms with Gasteiger partial charge in [-0.05, 0) is 75.9 Å². The van der Waals surface area contributed by atoms with E-state index in [4.69, 9.17) is 0 Å². The van der Waals surface area contributed by atoms with Gasteiger partial charge in [-0.15, -0.1) is 0 Å². The van der Waals surface area contributed by atoms with Crippen molar-refractivity contribution in [3.05, 3.63) is 26.6 Å². The minimum atomic E-state index is 0.280. The minimum absolute atomic E-state index is 0.280. The number of rotatable bonds is 2. The summed E-state index contributed by atoms with van der Waals surface area (Å²) < 4.78 is 1.52. The van der Waals surface area contributed by atoms with E-state index in [1.165, 1.54) is 37.8 Å². The molecule has 0 aromatic heterocycles. The molecule has 0 bridgehead atoms. The first-order chi connectivity index (χ1) is 8.58. The second-order valence-electron chi connectivity index (χ2n) is 5.08. The fourth-order valence-corrected chi connectivity index (χ4v) is 3.79. The Labute approximate surface area is 126 Å². The van der Waals surface area contributed by atoms with E-state index < -0.39 is 0 Å². The summed E-state index contributed by atoms with van der Waals surface area (Å²) in [6.07, 6.45) is 5.29. The number of likely N-dealkylation sites (tertiary alicyclic amines) is 1. The van der Waals surface area contributed by atoms with E-state index >= 15 is 0 Å². The molecule has 1 N–H and O–H groups in total. The largest absolute Gasteiger partial charge is 0.506 e. The Bertz CT molecular complexity index is 399. The Hall–Kier alpha value is -0.0600. The molecular formula is C14H19Br2NO. The van der Waals surface area contributed by atoms with Gasteiger partial charge < -0.3 is 5.11 Å². The third-order valence-corrected chi connectivity index (χ3v) is 4.86. The van der Waals surface area contributed by atoms with Crippen molar-refractivity contribution >= 4 is 31.9 Å². The second-order valence-corrected chi connectivity index (χ2v) is 6.79. The topological polar surface area (TPSA) is 23.5 Å². The van der Waals surface area contributed by atoms with Crippen molar-refractivity contribution in [1.29, 1.82) is 0 Å². The summed E-state index contributed by atoms with van der Waals surface area (Å²) in [6.45, 7) is 4.45. The quantitative estimate of drug-likeness (QED) is 0.809. The summed E-state index contributed by atoms with van der Waals surface area (Å²) in [5.74, 6) is 0.280. The number of phenols is 1. The number of hydrogen-bond acceptors (Lipinski definition) is 2. The lowest BCUT2D eigenvalue weighted by molar-refractivity contribution is 0.205. The number of benzene rings is 1. The van der Waals surface area contributed by atoms with E-state index in [1.54, 1.807) is 0 Å². The molecule has 1 atom stereocenters. The first kappa shape index (κ1) is 14.4. The molecule has 0 saturated carbocycles. The second kappa shape index (κ2) is 6.40. The van der Waals surface area contributed by atoms with Gasteiger partial charge in [0.25, 0.3) is 0 Å². The fraction of sp³-hybridized carbons (Fsp3) is 0.571. The van der Waals surface area contributed by atoms with Gasteiger partial charge in [-0.3, -0.25) is 4.90 Å². The standard InChI is InChI=1S/C14H19Br2NO/c1-10-5-3-2-4-6-17(10)9-11-7-12(15)14(18)13(16)8-11/h7-8,10,18H,2-6,9H2,1H3. The average molecular weight is 377 g/mol. The minimum Gasteiger partial charge on any atom is -0.506 e. The van der Waals surface area contributed by atoms with Crippen LogP contribution in [0.2, 0.25) is 0 Å². The molecule has 0 spiro atoms. The van der Waals surface area contributed by atoms with Crippen LogP contribution in [0.4, 0.5) is 0 Å². The van der Waals surface area contributed by atoms with Crippen molar-refractivity contribution in [3.8, 4) is 5.75 Å². The monoisotopic (exact) mass is 375 g/mol. The van der Waals surface area contributed by atoms with Crippen molar-refractivity contribution in [1.82, 2.24) is 4.90 Å². The molecule has 2 rings (SSSR count). The van der Waals surface area contributed by atoms with Crippen LogP contribution >= 0.6 is 31.9 Å². The maximum Gasteiger partial charge on any atom is 0.143 e. The first-order valence-corrected chi connectivity index (χ1v) is 8.07. The summed E-state index contributed by atoms with van der Waals surface area (Å²) in [5.41, 5.74) is 1.24. The molecule has 100 valence electrons. The molecule has 1 saturated heterocycles. The van der Waals surface area contributed by atoms with Gasteiger partial charge in [0.2, 0.25) is 0 Å². The molecule has 1 heterocycles. The molecule has 2 nitrogen and oxygen atoms in total. The van der Waals surface area contributed by atoms with Crippen LogP contribution in [0.5, 0.6) is 5.75 Å². The average Bonchev–Trinajstić information content (AvgIpc) is 2.52. The van der Waals surface area contributed by atoms with Crippen LogP contribution in [-0.4, -0.2) is 22.6 Å². The van der Waals surface area contributed by atoms with Crippen LogP contribution in [0.25, 0.3) is 0 Å². The van der Waals surface area contributed by atoms with Gasteiger partial charge >= 0.3 is 0 Å². The van der Waals surface area contributed by atoms with Gasteiger partial charge in [-0.25, -0.2) is 0 Å². The molecule has 1 aromatic carbocycles. The third-order valence-electron chi connectivity index (χ3n) is 3.65. The van der Waals surface area contributed by atoms with Crippen LogP contribution < -0.4 is 0 Å². The lowest BCUT2D eigenvalue weighted by Crippen LogP contribution is -2.31. The normalized spacial score (nSPS) is 21.8. The number of halogens is 2. The van der Waals surface area contributed by atoms with E-state index in [-0.39, 0.29) is 5.75 Å². The van der Waals surface area contributed by atoms with Crippen LogP contribution in [-0.2, 0) is 6.54 Å². The van der Waals surface area contributed by atoms with Crippen molar-refractivity contribution < 1.29 is 5.11 Å². The van der Waals surface area contributed by atoms with Crippen LogP contribution in [0.1, 0.15) is 38.2 Å². The molecule has 18 heavy (non-hydrogen) atoms. The highest BCUT2D eigenvalue weighted by Crippen LogP contribution is 2.34. The Morgan fingerprint density at radius 2 is 1.89 bits per heavy atom. The molecule has 0 aliphatic carbocycles. The smallest absolute Gasteiger partial charge is 0.143 e. The Morgan fingerprint density at radius 3 is 2.56 bits per heavy atom. The van der Waals surface area contributed by atoms with E-state index in [0.717, 1.165) is 15.5 Å². The van der Waals surface area contributed by atoms with Gasteiger partial charge in [0.15, 0.2) is 0 Å². The first-order valence-electron chi connectivity index (χ1n) is 6.49. The summed E-state index contributed by atoms with van der Waals surface area (Å²) >= 11 is 6.79. The molecule has 1 aliphatic rings. The molecular weight excluding hydrogens is 358 g/mol. The van der Waals surface area contributed by atoms with Crippen LogP contribution in [0.15, 0.2) is 21.1 Å². The summed E-state index contributed by atoms with van der Waals surface area (Å²) in [7, 11) is 0. The van der Waals surface area contributed by atoms with E-state index in [1.807, 2.05) is 12.1 Å². The lowest BCUT2D eigenvalue weighted by Gasteiger charge is -2.27. The zero-order valence-electron chi connectivity index (χ0n) is 10.6. The molecule has 0 amide bonds. The highest BCUT2D eigenvalue weighted by molar-refractivity contribution is 9.11. The number of nitrogens with zero attached hydrogens (tertiary/aromatic N) is 1. The number of phenolic OH excluding ortho intramolecular Hbond substituents is 1. The molecule has 1 aliphatic heterocycles. The van der Waals surface area contributed by atoms with Gasteiger partial charge in [0, 0.05) is 12.6 Å². The maximum atomic E-state index is 9.73. The molecule has 1 unspecified atom stereocenters. The van der Waals surface area contributed by atoms with E-state index in [9.17, 15) is 5.11 Å². The van der Waals surface area contributed by atoms with Crippen molar-refractivity contribution in [2.75, 3.05) is 6.54 Å². The highest BCUT2D eigenvalue weighted by Gasteiger charge is 2.17. The van der Waals surface area contributed by atoms with Crippen molar-refractivity contribution in [2.24, 2.45) is 0 Å². The van der Waals surface area contributed by atoms with Crippen LogP contribution in [0, 0.1) is 0 Å². The molecule has 0 radical (unpaired) electrons. The van der Waals surface area contributed by atoms with Crippen molar-refractivity contribution in [2.45, 2.75) is 45.2 Å². The molecule has 1 fully saturated rings. The van der Waals surface area contributed by atoms with Crippen LogP contribution in [0.3, 0.4) is 0 Å². The predicted octanol–water partition coefficient (Wildman–Crippen LogP) is 4.68. The third kappa shape index (κ3) is 3.49. The fourth-order valence-electron chi connectivity index (χ4n) is 2.51. The number of hydrogen-bond donors (Lipinski definition) is 1. The number of aromatic hydroxyl groups is 1. The maximum absolute atomic E-state index is 9.73. The Morgan fingerprint density at radius 1 is 1.22 bits per heavy atom. The zero-order valence-corrected chi connectivity index (χ0v) is 13.8. The zero-order chi connectivity index (χ0) is 13.1. The van der Waals surface area contributed by atoms with Gasteiger partial charge in [-0.2, -0.15) is 0 Å². The summed E-state index contributed by atoms with van der Waals surface area (Å²) in [6, 6.07) is 4.67. The Balaban J connectivity index is 2.12. The highest BCUT2D eigenvalue weighted by atomic mass is 79.9. The lowest BCUT2D eigenvalue weighted by atomic mass is 10.1. The van der Waals surface area contributed by atoms with E-state index in [2.05, 4.69) is 43.7 Å². The van der Waals surface area contributed by atoms with Gasteiger partial charge in [0.1, 0.15) is 5.75 Å². The summed E-state index contributed by atoms with van der Waals surface area (Å²) in [4.78, 5) is 2.54. The Kier molecular flexibility index (Phi) is 5.10. The molecule has 1 aromatic rings. The predicted molar refractivity (Wildman–Crippen MR) is 81.8 cm³/mol. The van der Waals surface area contributed by atoms with Gasteiger partial charge in [-0.1, -0.05) is 12.8 Å².